The van der Waals surface area contributed by atoms with Crippen molar-refractivity contribution in [1.29, 1.82) is 0 Å². The van der Waals surface area contributed by atoms with Crippen LogP contribution in [0, 0.1) is 0 Å². The molecule has 2 aromatic rings. The van der Waals surface area contributed by atoms with E-state index in [0.29, 0.717) is 38.0 Å². The van der Waals surface area contributed by atoms with E-state index >= 15 is 0 Å². The number of nitrogens with zero attached hydrogens (tertiary/aromatic N) is 2. The number of rotatable bonds is 6. The molecule has 6 rings (SSSR count). The molecule has 0 radical (unpaired) electrons. The minimum Gasteiger partial charge on any atom is -0.504 e. The lowest BCUT2D eigenvalue weighted by Crippen LogP contribution is -2.79. The van der Waals surface area contributed by atoms with Crippen LogP contribution in [0.3, 0.4) is 0 Å². The molecule has 8 heteroatoms. The first-order chi connectivity index (χ1) is 17.8. The number of hydrogen-bond acceptors (Lipinski definition) is 7. The van der Waals surface area contributed by atoms with Crippen LogP contribution in [0.5, 0.6) is 11.5 Å². The first-order valence-corrected chi connectivity index (χ1v) is 12.9. The maximum atomic E-state index is 13.3. The van der Waals surface area contributed by atoms with Crippen molar-refractivity contribution in [2.24, 2.45) is 0 Å². The van der Waals surface area contributed by atoms with Crippen LogP contribution in [0.4, 0.5) is 0 Å². The Labute approximate surface area is 216 Å². The van der Waals surface area contributed by atoms with Gasteiger partial charge in [0, 0.05) is 44.3 Å². The predicted octanol–water partition coefficient (Wildman–Crippen LogP) is 3.44. The van der Waals surface area contributed by atoms with Gasteiger partial charge >= 0.3 is 5.97 Å². The Morgan fingerprint density at radius 3 is 2.89 bits per heavy atom. The molecule has 2 bridgehead atoms. The molecule has 194 valence electrons. The number of benzene rings is 1. The number of furan rings is 1. The number of ether oxygens (including phenoxy) is 2. The lowest BCUT2D eigenvalue weighted by Gasteiger charge is -2.65. The van der Waals surface area contributed by atoms with Crippen LogP contribution < -0.4 is 4.74 Å². The second-order valence-corrected chi connectivity index (χ2v) is 10.6. The SMILES string of the molecule is C=CCN1CC[C@]23c4c5ccc(O)c4O[C@H]2[C@@H](N(C)C(=O)/C=C/c2ccoc2)CC[C@@]3(OC(C)=O)[C@H]1C5. The Bertz CT molecular complexity index is 1290. The molecule has 1 amide bonds. The average Bonchev–Trinajstić information content (AvgIpc) is 3.51. The monoisotopic (exact) mass is 504 g/mol. The van der Waals surface area contributed by atoms with E-state index in [2.05, 4.69) is 11.5 Å². The van der Waals surface area contributed by atoms with E-state index in [1.165, 1.54) is 13.0 Å². The summed E-state index contributed by atoms with van der Waals surface area (Å²) < 4.78 is 18.1. The van der Waals surface area contributed by atoms with E-state index in [0.717, 1.165) is 23.2 Å². The molecule has 37 heavy (non-hydrogen) atoms. The van der Waals surface area contributed by atoms with Gasteiger partial charge in [-0.15, -0.1) is 6.58 Å². The maximum absolute atomic E-state index is 13.3. The van der Waals surface area contributed by atoms with Gasteiger partial charge in [-0.1, -0.05) is 12.1 Å². The molecule has 4 aliphatic rings. The van der Waals surface area contributed by atoms with Gasteiger partial charge in [-0.05, 0) is 49.5 Å². The van der Waals surface area contributed by atoms with E-state index < -0.39 is 17.1 Å². The average molecular weight is 505 g/mol. The molecule has 8 nitrogen and oxygen atoms in total. The fraction of sp³-hybridized carbons (Fsp3) is 0.448. The minimum absolute atomic E-state index is 0.0554. The van der Waals surface area contributed by atoms with Gasteiger partial charge in [0.15, 0.2) is 11.5 Å². The highest BCUT2D eigenvalue weighted by molar-refractivity contribution is 5.92. The zero-order valence-electron chi connectivity index (χ0n) is 21.2. The number of piperidine rings is 1. The second kappa shape index (κ2) is 8.52. The van der Waals surface area contributed by atoms with Crippen molar-refractivity contribution in [3.05, 3.63) is 66.1 Å². The largest absolute Gasteiger partial charge is 0.504 e. The summed E-state index contributed by atoms with van der Waals surface area (Å²) in [6.07, 6.45) is 10.4. The summed E-state index contributed by atoms with van der Waals surface area (Å²) in [5.41, 5.74) is 1.36. The number of carbonyl (C=O) groups is 2. The Morgan fingerprint density at radius 2 is 2.16 bits per heavy atom. The van der Waals surface area contributed by atoms with Gasteiger partial charge in [-0.3, -0.25) is 14.5 Å². The molecule has 1 spiro atoms. The Hall–Kier alpha value is -3.52. The van der Waals surface area contributed by atoms with E-state index in [9.17, 15) is 14.7 Å². The summed E-state index contributed by atoms with van der Waals surface area (Å²) in [6.45, 7) is 6.89. The van der Waals surface area contributed by atoms with E-state index in [1.54, 1.807) is 42.7 Å². The fourth-order valence-electron chi connectivity index (χ4n) is 7.64. The lowest BCUT2D eigenvalue weighted by molar-refractivity contribution is -0.222. The maximum Gasteiger partial charge on any atom is 0.303 e. The third-order valence-corrected chi connectivity index (χ3v) is 9.00. The molecule has 0 unspecified atom stereocenters. The molecule has 2 fully saturated rings. The standard InChI is InChI=1S/C29H32N2O6/c1-4-13-31-14-12-28-25-20-6-7-22(33)26(25)36-27(28)21(9-11-29(28,23(31)16-20)37-18(2)32)30(3)24(34)8-5-19-10-15-35-17-19/h4-8,10,15,17,21,23,27,33H,1,9,11-14,16H2,2-3H3/b8-5+/t21-,23+,27-,28-,29+/m0/s1. The van der Waals surface area contributed by atoms with Crippen molar-refractivity contribution in [3.8, 4) is 11.5 Å². The second-order valence-electron chi connectivity index (χ2n) is 10.6. The first-order valence-electron chi connectivity index (χ1n) is 12.9. The van der Waals surface area contributed by atoms with Crippen molar-refractivity contribution < 1.29 is 28.6 Å². The van der Waals surface area contributed by atoms with Crippen LogP contribution in [0.1, 0.15) is 42.9 Å². The smallest absolute Gasteiger partial charge is 0.303 e. The van der Waals surface area contributed by atoms with Gasteiger partial charge in [0.1, 0.15) is 11.7 Å². The van der Waals surface area contributed by atoms with Crippen molar-refractivity contribution in [2.75, 3.05) is 20.1 Å². The zero-order chi connectivity index (χ0) is 25.9. The van der Waals surface area contributed by atoms with Crippen LogP contribution in [0.25, 0.3) is 6.08 Å². The van der Waals surface area contributed by atoms with Crippen LogP contribution in [0.15, 0.2) is 53.9 Å². The zero-order valence-corrected chi connectivity index (χ0v) is 21.2. The molecule has 1 saturated carbocycles. The van der Waals surface area contributed by atoms with E-state index in [1.807, 2.05) is 12.1 Å². The summed E-state index contributed by atoms with van der Waals surface area (Å²) in [4.78, 5) is 30.0. The number of carbonyl (C=O) groups excluding carboxylic acids is 2. The van der Waals surface area contributed by atoms with Crippen molar-refractivity contribution in [1.82, 2.24) is 9.80 Å². The van der Waals surface area contributed by atoms with Crippen LogP contribution in [-0.2, 0) is 26.2 Å². The highest BCUT2D eigenvalue weighted by Gasteiger charge is 2.75. The number of phenolic OH excluding ortho intramolecular Hbond substituents is 1. The molecule has 5 atom stereocenters. The topological polar surface area (TPSA) is 92.5 Å². The van der Waals surface area contributed by atoms with Gasteiger partial charge in [0.2, 0.25) is 5.91 Å². The number of likely N-dealkylation sites (tertiary alicyclic amines) is 1. The molecule has 1 N–H and O–H groups in total. The fourth-order valence-corrected chi connectivity index (χ4v) is 7.64. The van der Waals surface area contributed by atoms with Gasteiger partial charge in [-0.2, -0.15) is 0 Å². The van der Waals surface area contributed by atoms with Crippen molar-refractivity contribution in [2.45, 2.75) is 61.8 Å². The minimum atomic E-state index is -0.830. The molecular formula is C29H32N2O6. The van der Waals surface area contributed by atoms with Gasteiger partial charge < -0.3 is 23.9 Å². The molecular weight excluding hydrogens is 472 g/mol. The Balaban J connectivity index is 1.46. The third kappa shape index (κ3) is 3.24. The number of phenols is 1. The number of esters is 1. The number of likely N-dealkylation sites (N-methyl/N-ethyl adjacent to an activating group) is 1. The summed E-state index contributed by atoms with van der Waals surface area (Å²) >= 11 is 0. The molecule has 2 aliphatic carbocycles. The summed E-state index contributed by atoms with van der Waals surface area (Å²) in [7, 11) is 1.79. The first kappa shape index (κ1) is 23.9. The Kier molecular flexibility index (Phi) is 5.49. The molecule has 1 aromatic carbocycles. The van der Waals surface area contributed by atoms with Gasteiger partial charge in [0.25, 0.3) is 0 Å². The number of amides is 1. The number of aromatic hydroxyl groups is 1. The normalized spacial score (nSPS) is 31.5. The van der Waals surface area contributed by atoms with Crippen LogP contribution in [0.2, 0.25) is 0 Å². The molecule has 1 aromatic heterocycles. The van der Waals surface area contributed by atoms with E-state index in [4.69, 9.17) is 13.9 Å². The van der Waals surface area contributed by atoms with Crippen LogP contribution in [-0.4, -0.2) is 70.7 Å². The molecule has 2 aliphatic heterocycles. The summed E-state index contributed by atoms with van der Waals surface area (Å²) in [6, 6.07) is 5.12. The third-order valence-electron chi connectivity index (χ3n) is 9.00. The highest BCUT2D eigenvalue weighted by atomic mass is 16.6. The van der Waals surface area contributed by atoms with Gasteiger partial charge in [0.05, 0.1) is 30.0 Å². The highest BCUT2D eigenvalue weighted by Crippen LogP contribution is 2.67. The molecule has 1 saturated heterocycles. The number of hydrogen-bond donors (Lipinski definition) is 1. The van der Waals surface area contributed by atoms with Crippen molar-refractivity contribution >= 4 is 18.0 Å². The van der Waals surface area contributed by atoms with E-state index in [-0.39, 0.29) is 29.7 Å². The molecule has 3 heterocycles. The van der Waals surface area contributed by atoms with Crippen molar-refractivity contribution in [3.63, 3.8) is 0 Å². The summed E-state index contributed by atoms with van der Waals surface area (Å²) in [5, 5.41) is 10.9. The summed E-state index contributed by atoms with van der Waals surface area (Å²) in [5.74, 6) is 0.0738. The van der Waals surface area contributed by atoms with Gasteiger partial charge in [-0.25, -0.2) is 0 Å². The van der Waals surface area contributed by atoms with Crippen LogP contribution >= 0.6 is 0 Å². The quantitative estimate of drug-likeness (QED) is 0.366. The predicted molar refractivity (Wildman–Crippen MR) is 136 cm³/mol. The Morgan fingerprint density at radius 1 is 1.32 bits per heavy atom. The lowest BCUT2D eigenvalue weighted by atomic mass is 9.48.